The Hall–Kier alpha value is -1.72. The minimum absolute atomic E-state index is 0.0407. The molecular weight excluding hydrogens is 294 g/mol. The Morgan fingerprint density at radius 2 is 2.05 bits per heavy atom. The van der Waals surface area contributed by atoms with Gasteiger partial charge in [0.15, 0.2) is 0 Å². The van der Waals surface area contributed by atoms with E-state index >= 15 is 0 Å². The molecule has 1 N–H and O–H groups in total. The lowest BCUT2D eigenvalue weighted by Gasteiger charge is -2.15. The fraction of sp³-hybridized carbons (Fsp3) is 0.412. The highest BCUT2D eigenvalue weighted by Crippen LogP contribution is 2.30. The first kappa shape index (κ1) is 13.9. The molecule has 1 aromatic carbocycles. The minimum atomic E-state index is -0.0407. The first-order valence-corrected chi connectivity index (χ1v) is 8.73. The number of rotatable bonds is 4. The Balaban J connectivity index is 1.40. The summed E-state index contributed by atoms with van der Waals surface area (Å²) >= 11 is 1.52. The summed E-state index contributed by atoms with van der Waals surface area (Å²) in [5.74, 6) is -0.0407. The number of amides is 1. The molecule has 1 atom stereocenters. The van der Waals surface area contributed by atoms with Gasteiger partial charge in [0.05, 0.1) is 0 Å². The fourth-order valence-electron chi connectivity index (χ4n) is 3.03. The number of likely N-dealkylation sites (tertiary alicyclic amines) is 1. The van der Waals surface area contributed by atoms with Crippen molar-refractivity contribution in [1.82, 2.24) is 15.2 Å². The maximum absolute atomic E-state index is 12.4. The Morgan fingerprint density at radius 3 is 2.82 bits per heavy atom. The maximum atomic E-state index is 12.4. The van der Waals surface area contributed by atoms with Gasteiger partial charge in [-0.15, -0.1) is 11.3 Å². The second-order valence-electron chi connectivity index (χ2n) is 6.09. The second-order valence-corrected chi connectivity index (χ2v) is 6.95. The van der Waals surface area contributed by atoms with Gasteiger partial charge in [0, 0.05) is 36.1 Å². The molecular formula is C17H19N3OS. The van der Waals surface area contributed by atoms with Crippen molar-refractivity contribution in [3.8, 4) is 10.6 Å². The van der Waals surface area contributed by atoms with Crippen LogP contribution in [0.5, 0.6) is 0 Å². The number of aromatic nitrogens is 1. The average Bonchev–Trinajstić information content (AvgIpc) is 3.10. The molecule has 1 aliphatic carbocycles. The molecule has 2 heterocycles. The predicted octanol–water partition coefficient (Wildman–Crippen LogP) is 2.78. The van der Waals surface area contributed by atoms with Crippen molar-refractivity contribution in [2.75, 3.05) is 13.1 Å². The van der Waals surface area contributed by atoms with Gasteiger partial charge in [0.25, 0.3) is 5.91 Å². The highest BCUT2D eigenvalue weighted by molar-refractivity contribution is 7.13. The fourth-order valence-corrected chi connectivity index (χ4v) is 3.83. The van der Waals surface area contributed by atoms with E-state index in [9.17, 15) is 4.79 Å². The summed E-state index contributed by atoms with van der Waals surface area (Å²) in [6, 6.07) is 11.1. The SMILES string of the molecule is O=C(N[C@@H]1CCN(C2CC2)C1)c1csc(-c2ccccc2)n1. The van der Waals surface area contributed by atoms with Gasteiger partial charge in [0.1, 0.15) is 10.7 Å². The molecule has 0 bridgehead atoms. The second kappa shape index (κ2) is 5.82. The molecule has 1 saturated carbocycles. The van der Waals surface area contributed by atoms with E-state index in [-0.39, 0.29) is 11.9 Å². The maximum Gasteiger partial charge on any atom is 0.271 e. The van der Waals surface area contributed by atoms with Crippen LogP contribution in [0.1, 0.15) is 29.8 Å². The Kier molecular flexibility index (Phi) is 3.68. The average molecular weight is 313 g/mol. The summed E-state index contributed by atoms with van der Waals surface area (Å²) in [5.41, 5.74) is 1.60. The van der Waals surface area contributed by atoms with E-state index in [1.54, 1.807) is 0 Å². The van der Waals surface area contributed by atoms with E-state index in [4.69, 9.17) is 0 Å². The van der Waals surface area contributed by atoms with Crippen molar-refractivity contribution in [3.63, 3.8) is 0 Å². The zero-order valence-corrected chi connectivity index (χ0v) is 13.2. The molecule has 114 valence electrons. The van der Waals surface area contributed by atoms with Crippen LogP contribution in [0.3, 0.4) is 0 Å². The smallest absolute Gasteiger partial charge is 0.271 e. The van der Waals surface area contributed by atoms with Crippen LogP contribution in [0, 0.1) is 0 Å². The van der Waals surface area contributed by atoms with E-state index in [0.29, 0.717) is 5.69 Å². The van der Waals surface area contributed by atoms with E-state index in [1.165, 1.54) is 24.2 Å². The molecule has 1 saturated heterocycles. The van der Waals surface area contributed by atoms with Crippen molar-refractivity contribution in [3.05, 3.63) is 41.4 Å². The zero-order chi connectivity index (χ0) is 14.9. The topological polar surface area (TPSA) is 45.2 Å². The van der Waals surface area contributed by atoms with Crippen LogP contribution in [0.4, 0.5) is 0 Å². The van der Waals surface area contributed by atoms with Gasteiger partial charge in [-0.1, -0.05) is 30.3 Å². The standard InChI is InChI=1S/C17H19N3OS/c21-16(18-13-8-9-20(10-13)14-6-7-14)15-11-22-17(19-15)12-4-2-1-3-5-12/h1-5,11,13-14H,6-10H2,(H,18,21)/t13-/m1/s1. The van der Waals surface area contributed by atoms with Gasteiger partial charge < -0.3 is 5.32 Å². The lowest BCUT2D eigenvalue weighted by molar-refractivity contribution is 0.0933. The Labute approximate surface area is 134 Å². The van der Waals surface area contributed by atoms with Crippen molar-refractivity contribution >= 4 is 17.2 Å². The summed E-state index contributed by atoms with van der Waals surface area (Å²) in [5, 5.41) is 5.89. The number of thiazole rings is 1. The monoisotopic (exact) mass is 313 g/mol. The number of carbonyl (C=O) groups excluding carboxylic acids is 1. The van der Waals surface area contributed by atoms with Crippen molar-refractivity contribution in [1.29, 1.82) is 0 Å². The molecule has 2 aliphatic rings. The van der Waals surface area contributed by atoms with Gasteiger partial charge in [-0.3, -0.25) is 9.69 Å². The van der Waals surface area contributed by atoms with E-state index in [2.05, 4.69) is 15.2 Å². The molecule has 1 amide bonds. The lowest BCUT2D eigenvalue weighted by atomic mass is 10.2. The summed E-state index contributed by atoms with van der Waals surface area (Å²) < 4.78 is 0. The van der Waals surface area contributed by atoms with E-state index in [0.717, 1.165) is 36.1 Å². The first-order valence-electron chi connectivity index (χ1n) is 7.85. The van der Waals surface area contributed by atoms with Crippen LogP contribution in [0.25, 0.3) is 10.6 Å². The zero-order valence-electron chi connectivity index (χ0n) is 12.4. The number of hydrogen-bond donors (Lipinski definition) is 1. The minimum Gasteiger partial charge on any atom is -0.347 e. The predicted molar refractivity (Wildman–Crippen MR) is 88.0 cm³/mol. The van der Waals surface area contributed by atoms with Crippen molar-refractivity contribution < 1.29 is 4.79 Å². The molecule has 1 aliphatic heterocycles. The van der Waals surface area contributed by atoms with Crippen molar-refractivity contribution in [2.45, 2.75) is 31.3 Å². The molecule has 0 spiro atoms. The van der Waals surface area contributed by atoms with Gasteiger partial charge in [-0.25, -0.2) is 4.98 Å². The molecule has 4 rings (SSSR count). The number of carbonyl (C=O) groups is 1. The summed E-state index contributed by atoms with van der Waals surface area (Å²) in [4.78, 5) is 19.3. The van der Waals surface area contributed by atoms with Crippen LogP contribution in [0.2, 0.25) is 0 Å². The Bertz CT molecular complexity index is 666. The van der Waals surface area contributed by atoms with Gasteiger partial charge in [0.2, 0.25) is 0 Å². The molecule has 2 fully saturated rings. The van der Waals surface area contributed by atoms with Crippen LogP contribution in [-0.4, -0.2) is 41.0 Å². The lowest BCUT2D eigenvalue weighted by Crippen LogP contribution is -2.37. The number of benzene rings is 1. The third-order valence-electron chi connectivity index (χ3n) is 4.38. The molecule has 5 heteroatoms. The van der Waals surface area contributed by atoms with Gasteiger partial charge >= 0.3 is 0 Å². The normalized spacial score (nSPS) is 21.9. The number of hydrogen-bond acceptors (Lipinski definition) is 4. The molecule has 22 heavy (non-hydrogen) atoms. The van der Waals surface area contributed by atoms with Gasteiger partial charge in [-0.05, 0) is 19.3 Å². The molecule has 0 unspecified atom stereocenters. The van der Waals surface area contributed by atoms with E-state index in [1.807, 2.05) is 35.7 Å². The first-order chi connectivity index (χ1) is 10.8. The van der Waals surface area contributed by atoms with Crippen LogP contribution in [0.15, 0.2) is 35.7 Å². The molecule has 0 radical (unpaired) electrons. The van der Waals surface area contributed by atoms with Crippen LogP contribution in [-0.2, 0) is 0 Å². The number of nitrogens with zero attached hydrogens (tertiary/aromatic N) is 2. The van der Waals surface area contributed by atoms with Crippen LogP contribution < -0.4 is 5.32 Å². The highest BCUT2D eigenvalue weighted by Gasteiger charge is 2.34. The third kappa shape index (κ3) is 2.91. The van der Waals surface area contributed by atoms with Crippen molar-refractivity contribution in [2.24, 2.45) is 0 Å². The Morgan fingerprint density at radius 1 is 1.23 bits per heavy atom. The highest BCUT2D eigenvalue weighted by atomic mass is 32.1. The summed E-state index contributed by atoms with van der Waals surface area (Å²) in [6.45, 7) is 2.11. The summed E-state index contributed by atoms with van der Waals surface area (Å²) in [7, 11) is 0. The third-order valence-corrected chi connectivity index (χ3v) is 5.27. The molecule has 4 nitrogen and oxygen atoms in total. The number of nitrogens with one attached hydrogen (secondary N) is 1. The van der Waals surface area contributed by atoms with E-state index < -0.39 is 0 Å². The largest absolute Gasteiger partial charge is 0.347 e. The summed E-state index contributed by atoms with van der Waals surface area (Å²) in [6.07, 6.45) is 3.71. The van der Waals surface area contributed by atoms with Crippen LogP contribution >= 0.6 is 11.3 Å². The molecule has 1 aromatic heterocycles. The molecule has 2 aromatic rings. The van der Waals surface area contributed by atoms with Gasteiger partial charge in [-0.2, -0.15) is 0 Å². The quantitative estimate of drug-likeness (QED) is 0.944.